The number of amides is 2. The molecule has 1 fully saturated rings. The minimum atomic E-state index is -0.312. The zero-order chi connectivity index (χ0) is 23.2. The maximum absolute atomic E-state index is 13.2. The Hall–Kier alpha value is -3.67. The quantitative estimate of drug-likeness (QED) is 0.545. The Morgan fingerprint density at radius 2 is 1.64 bits per heavy atom. The van der Waals surface area contributed by atoms with E-state index in [-0.39, 0.29) is 24.2 Å². The Morgan fingerprint density at radius 1 is 0.939 bits per heavy atom. The van der Waals surface area contributed by atoms with Gasteiger partial charge in [0.25, 0.3) is 11.8 Å². The molecule has 1 saturated heterocycles. The summed E-state index contributed by atoms with van der Waals surface area (Å²) in [5, 5.41) is 5.83. The van der Waals surface area contributed by atoms with Crippen LogP contribution < -0.4 is 15.5 Å². The number of nitrogens with zero attached hydrogens (tertiary/aromatic N) is 1. The van der Waals surface area contributed by atoms with Crippen molar-refractivity contribution >= 4 is 23.2 Å². The van der Waals surface area contributed by atoms with E-state index in [9.17, 15) is 14.0 Å². The highest BCUT2D eigenvalue weighted by Gasteiger charge is 2.22. The van der Waals surface area contributed by atoms with Crippen molar-refractivity contribution in [3.05, 3.63) is 95.3 Å². The van der Waals surface area contributed by atoms with Gasteiger partial charge in [-0.25, -0.2) is 4.39 Å². The van der Waals surface area contributed by atoms with Gasteiger partial charge < -0.3 is 15.5 Å². The van der Waals surface area contributed by atoms with Crippen molar-refractivity contribution in [2.45, 2.75) is 26.3 Å². The lowest BCUT2D eigenvalue weighted by molar-refractivity contribution is 0.0950. The van der Waals surface area contributed by atoms with E-state index in [4.69, 9.17) is 0 Å². The van der Waals surface area contributed by atoms with Crippen molar-refractivity contribution in [2.24, 2.45) is 5.92 Å². The van der Waals surface area contributed by atoms with E-state index in [1.165, 1.54) is 12.1 Å². The maximum Gasteiger partial charge on any atom is 0.255 e. The SMILES string of the molecule is CC1CCN(c2ccc(NC(=O)c3ccccc3)cc2C(=O)NCc2ccc(F)cc2)CC1. The zero-order valence-electron chi connectivity index (χ0n) is 18.7. The third-order valence-corrected chi connectivity index (χ3v) is 6.03. The van der Waals surface area contributed by atoms with E-state index in [1.54, 1.807) is 30.3 Å². The van der Waals surface area contributed by atoms with Gasteiger partial charge in [-0.15, -0.1) is 0 Å². The van der Waals surface area contributed by atoms with Gasteiger partial charge in [-0.1, -0.05) is 37.3 Å². The van der Waals surface area contributed by atoms with Crippen LogP contribution in [0.3, 0.4) is 0 Å². The molecular formula is C27H28FN3O2. The van der Waals surface area contributed by atoms with Gasteiger partial charge in [0.2, 0.25) is 0 Å². The molecule has 0 radical (unpaired) electrons. The molecule has 6 heteroatoms. The van der Waals surface area contributed by atoms with Crippen LogP contribution >= 0.6 is 0 Å². The van der Waals surface area contributed by atoms with Gasteiger partial charge in [0.15, 0.2) is 0 Å². The molecule has 0 saturated carbocycles. The van der Waals surface area contributed by atoms with E-state index >= 15 is 0 Å². The molecule has 170 valence electrons. The monoisotopic (exact) mass is 445 g/mol. The Balaban J connectivity index is 1.56. The molecule has 1 heterocycles. The van der Waals surface area contributed by atoms with Crippen LogP contribution in [0, 0.1) is 11.7 Å². The lowest BCUT2D eigenvalue weighted by Gasteiger charge is -2.33. The molecule has 0 bridgehead atoms. The summed E-state index contributed by atoms with van der Waals surface area (Å²) in [5.41, 5.74) is 3.29. The number of hydrogen-bond donors (Lipinski definition) is 2. The molecule has 0 aliphatic carbocycles. The van der Waals surface area contributed by atoms with Crippen LogP contribution in [0.1, 0.15) is 46.0 Å². The Kier molecular flexibility index (Phi) is 7.03. The number of benzene rings is 3. The van der Waals surface area contributed by atoms with Crippen LogP contribution in [0.15, 0.2) is 72.8 Å². The Morgan fingerprint density at radius 3 is 2.33 bits per heavy atom. The number of hydrogen-bond acceptors (Lipinski definition) is 3. The fraction of sp³-hybridized carbons (Fsp3) is 0.259. The first-order chi connectivity index (χ1) is 16.0. The summed E-state index contributed by atoms with van der Waals surface area (Å²) >= 11 is 0. The predicted octanol–water partition coefficient (Wildman–Crippen LogP) is 5.24. The fourth-order valence-electron chi connectivity index (χ4n) is 3.99. The number of piperidine rings is 1. The lowest BCUT2D eigenvalue weighted by atomic mass is 9.97. The number of rotatable bonds is 6. The van der Waals surface area contributed by atoms with Crippen molar-refractivity contribution in [1.29, 1.82) is 0 Å². The van der Waals surface area contributed by atoms with Gasteiger partial charge in [0.05, 0.1) is 5.56 Å². The largest absolute Gasteiger partial charge is 0.371 e. The van der Waals surface area contributed by atoms with E-state index in [1.807, 2.05) is 30.3 Å². The summed E-state index contributed by atoms with van der Waals surface area (Å²) in [7, 11) is 0. The van der Waals surface area contributed by atoms with E-state index in [0.717, 1.165) is 37.2 Å². The van der Waals surface area contributed by atoms with Crippen molar-refractivity contribution in [1.82, 2.24) is 5.32 Å². The third kappa shape index (κ3) is 5.77. The number of nitrogens with one attached hydrogen (secondary N) is 2. The molecule has 3 aromatic carbocycles. The molecule has 0 aromatic heterocycles. The van der Waals surface area contributed by atoms with Crippen LogP contribution in [-0.2, 0) is 6.54 Å². The molecule has 0 unspecified atom stereocenters. The molecule has 3 aromatic rings. The van der Waals surface area contributed by atoms with Gasteiger partial charge in [-0.3, -0.25) is 9.59 Å². The van der Waals surface area contributed by atoms with Gasteiger partial charge in [0.1, 0.15) is 5.82 Å². The van der Waals surface area contributed by atoms with Crippen LogP contribution in [0.4, 0.5) is 15.8 Å². The summed E-state index contributed by atoms with van der Waals surface area (Å²) < 4.78 is 13.2. The van der Waals surface area contributed by atoms with Gasteiger partial charge in [-0.05, 0) is 66.8 Å². The van der Waals surface area contributed by atoms with Crippen molar-refractivity contribution in [3.8, 4) is 0 Å². The smallest absolute Gasteiger partial charge is 0.255 e. The minimum absolute atomic E-state index is 0.229. The average molecular weight is 446 g/mol. The highest BCUT2D eigenvalue weighted by Crippen LogP contribution is 2.29. The molecule has 2 amide bonds. The van der Waals surface area contributed by atoms with Gasteiger partial charge in [-0.2, -0.15) is 0 Å². The second-order valence-electron chi connectivity index (χ2n) is 8.53. The number of carbonyl (C=O) groups excluding carboxylic acids is 2. The minimum Gasteiger partial charge on any atom is -0.371 e. The summed E-state index contributed by atoms with van der Waals surface area (Å²) in [6, 6.07) is 20.5. The summed E-state index contributed by atoms with van der Waals surface area (Å²) in [5.74, 6) is -0.105. The van der Waals surface area contributed by atoms with Crippen LogP contribution in [-0.4, -0.2) is 24.9 Å². The standard InChI is InChI=1S/C27H28FN3O2/c1-19-13-15-31(16-14-19)25-12-11-23(30-26(32)21-5-3-2-4-6-21)17-24(25)27(33)29-18-20-7-9-22(28)10-8-20/h2-12,17,19H,13-16,18H2,1H3,(H,29,33)(H,30,32). The van der Waals surface area contributed by atoms with E-state index in [0.29, 0.717) is 22.7 Å². The number of carbonyl (C=O) groups is 2. The van der Waals surface area contributed by atoms with Gasteiger partial charge in [0, 0.05) is 36.6 Å². The first-order valence-corrected chi connectivity index (χ1v) is 11.3. The molecular weight excluding hydrogens is 417 g/mol. The second kappa shape index (κ2) is 10.3. The summed E-state index contributed by atoms with van der Waals surface area (Å²) in [6.07, 6.45) is 2.15. The number of anilines is 2. The summed E-state index contributed by atoms with van der Waals surface area (Å²) in [4.78, 5) is 28.0. The Bertz CT molecular complexity index is 1110. The third-order valence-electron chi connectivity index (χ3n) is 6.03. The van der Waals surface area contributed by atoms with Crippen LogP contribution in [0.2, 0.25) is 0 Å². The molecule has 1 aliphatic rings. The average Bonchev–Trinajstić information content (AvgIpc) is 2.84. The molecule has 5 nitrogen and oxygen atoms in total. The Labute approximate surface area is 193 Å². The second-order valence-corrected chi connectivity index (χ2v) is 8.53. The van der Waals surface area contributed by atoms with Crippen molar-refractivity contribution in [2.75, 3.05) is 23.3 Å². The topological polar surface area (TPSA) is 61.4 Å². The molecule has 0 atom stereocenters. The highest BCUT2D eigenvalue weighted by molar-refractivity contribution is 6.06. The first kappa shape index (κ1) is 22.5. The first-order valence-electron chi connectivity index (χ1n) is 11.3. The van der Waals surface area contributed by atoms with Crippen molar-refractivity contribution < 1.29 is 14.0 Å². The molecule has 0 spiro atoms. The van der Waals surface area contributed by atoms with Gasteiger partial charge >= 0.3 is 0 Å². The maximum atomic E-state index is 13.2. The molecule has 4 rings (SSSR count). The predicted molar refractivity (Wildman–Crippen MR) is 129 cm³/mol. The zero-order valence-corrected chi connectivity index (χ0v) is 18.7. The molecule has 2 N–H and O–H groups in total. The summed E-state index contributed by atoms with van der Waals surface area (Å²) in [6.45, 7) is 4.30. The molecule has 33 heavy (non-hydrogen) atoms. The van der Waals surface area contributed by atoms with Crippen LogP contribution in [0.5, 0.6) is 0 Å². The van der Waals surface area contributed by atoms with E-state index in [2.05, 4.69) is 22.5 Å². The lowest BCUT2D eigenvalue weighted by Crippen LogP contribution is -2.35. The van der Waals surface area contributed by atoms with Crippen LogP contribution in [0.25, 0.3) is 0 Å². The highest BCUT2D eigenvalue weighted by atomic mass is 19.1. The number of halogens is 1. The fourth-order valence-corrected chi connectivity index (χ4v) is 3.99. The normalized spacial score (nSPS) is 14.1. The molecule has 1 aliphatic heterocycles. The van der Waals surface area contributed by atoms with Crippen molar-refractivity contribution in [3.63, 3.8) is 0 Å². The van der Waals surface area contributed by atoms with E-state index < -0.39 is 0 Å².